The summed E-state index contributed by atoms with van der Waals surface area (Å²) in [6, 6.07) is 0. The number of hydrogen-bond acceptors (Lipinski definition) is 6. The first-order valence-corrected chi connectivity index (χ1v) is 31.5. The van der Waals surface area contributed by atoms with E-state index in [2.05, 4.69) is 142 Å². The third kappa shape index (κ3) is 60.7. The molecule has 0 rings (SSSR count). The predicted molar refractivity (Wildman–Crippen MR) is 330 cm³/mol. The minimum Gasteiger partial charge on any atom is -0.462 e. The fourth-order valence-electron chi connectivity index (χ4n) is 8.46. The van der Waals surface area contributed by atoms with Crippen LogP contribution in [0.1, 0.15) is 284 Å². The van der Waals surface area contributed by atoms with Crippen LogP contribution < -0.4 is 0 Å². The van der Waals surface area contributed by atoms with Gasteiger partial charge >= 0.3 is 17.9 Å². The maximum Gasteiger partial charge on any atom is 0.306 e. The molecule has 1 atom stereocenters. The van der Waals surface area contributed by atoms with E-state index in [4.69, 9.17) is 14.2 Å². The third-order valence-corrected chi connectivity index (χ3v) is 13.2. The minimum absolute atomic E-state index is 0.0925. The van der Waals surface area contributed by atoms with Gasteiger partial charge < -0.3 is 14.2 Å². The van der Waals surface area contributed by atoms with E-state index in [1.54, 1.807) is 0 Å². The van der Waals surface area contributed by atoms with Gasteiger partial charge in [0.05, 0.1) is 0 Å². The zero-order valence-electron chi connectivity index (χ0n) is 49.5. The van der Waals surface area contributed by atoms with Gasteiger partial charge in [-0.1, -0.05) is 258 Å². The molecule has 1 unspecified atom stereocenters. The standard InChI is InChI=1S/C70H116O6/c1-4-7-10-13-16-19-22-24-26-28-30-32-33-34-35-36-37-39-40-42-44-46-48-51-54-57-60-63-69(72)75-66-67(65-74-68(71)62-59-56-53-50-21-18-15-12-9-6-3)76-70(73)64-61-58-55-52-49-47-45-43-41-38-31-29-27-25-23-20-17-14-11-8-5-2/h7,10,12,15-16,19,23-26,29-32,34-35,37,39,41,43,67H,4-6,8-9,11,13-14,17-18,20-22,27-28,33,36,38,40,42,44-66H2,1-3H3/b10-7-,15-12-,19-16-,25-23-,26-24-,31-29-,32-30-,35-34-,39-37-,43-41-. The maximum atomic E-state index is 12.9. The lowest BCUT2D eigenvalue weighted by Gasteiger charge is -2.18. The lowest BCUT2D eigenvalue weighted by molar-refractivity contribution is -0.167. The topological polar surface area (TPSA) is 78.9 Å². The van der Waals surface area contributed by atoms with Crippen molar-refractivity contribution in [3.63, 3.8) is 0 Å². The summed E-state index contributed by atoms with van der Waals surface area (Å²) in [5.74, 6) is -0.922. The molecule has 0 aliphatic heterocycles. The molecule has 0 aromatic carbocycles. The summed E-state index contributed by atoms with van der Waals surface area (Å²) in [5.41, 5.74) is 0. The van der Waals surface area contributed by atoms with Crippen LogP contribution in [0.2, 0.25) is 0 Å². The van der Waals surface area contributed by atoms with Gasteiger partial charge in [0.1, 0.15) is 13.2 Å². The Morgan fingerprint density at radius 3 is 0.868 bits per heavy atom. The van der Waals surface area contributed by atoms with Crippen molar-refractivity contribution < 1.29 is 28.6 Å². The molecule has 76 heavy (non-hydrogen) atoms. The minimum atomic E-state index is -0.796. The maximum absolute atomic E-state index is 12.9. The van der Waals surface area contributed by atoms with Crippen LogP contribution in [-0.4, -0.2) is 37.2 Å². The second-order valence-electron chi connectivity index (χ2n) is 20.6. The molecule has 6 heteroatoms. The van der Waals surface area contributed by atoms with Crippen LogP contribution >= 0.6 is 0 Å². The van der Waals surface area contributed by atoms with Crippen molar-refractivity contribution in [3.8, 4) is 0 Å². The number of carbonyl (C=O) groups excluding carboxylic acids is 3. The molecule has 0 saturated heterocycles. The molecule has 0 radical (unpaired) electrons. The molecular formula is C70H116O6. The van der Waals surface area contributed by atoms with Gasteiger partial charge in [-0.05, 0) is 128 Å². The molecule has 0 aromatic rings. The highest BCUT2D eigenvalue weighted by Crippen LogP contribution is 2.15. The van der Waals surface area contributed by atoms with Crippen LogP contribution in [-0.2, 0) is 28.6 Å². The van der Waals surface area contributed by atoms with Crippen LogP contribution in [0.5, 0.6) is 0 Å². The van der Waals surface area contributed by atoms with E-state index in [0.717, 1.165) is 148 Å². The number of hydrogen-bond donors (Lipinski definition) is 0. The fraction of sp³-hybridized carbons (Fsp3) is 0.671. The van der Waals surface area contributed by atoms with E-state index in [0.29, 0.717) is 19.3 Å². The first-order chi connectivity index (χ1) is 37.5. The second kappa shape index (κ2) is 63.3. The molecule has 0 aromatic heterocycles. The Kier molecular flexibility index (Phi) is 59.9. The summed E-state index contributed by atoms with van der Waals surface area (Å²) in [6.07, 6.45) is 87.8. The van der Waals surface area contributed by atoms with Crippen molar-refractivity contribution in [3.05, 3.63) is 122 Å². The molecule has 6 nitrogen and oxygen atoms in total. The predicted octanol–water partition coefficient (Wildman–Crippen LogP) is 21.6. The van der Waals surface area contributed by atoms with E-state index in [9.17, 15) is 14.4 Å². The molecular weight excluding hydrogens is 937 g/mol. The Balaban J connectivity index is 4.32. The molecule has 0 aliphatic rings. The Bertz CT molecular complexity index is 1590. The third-order valence-electron chi connectivity index (χ3n) is 13.2. The summed E-state index contributed by atoms with van der Waals surface area (Å²) in [4.78, 5) is 38.2. The Morgan fingerprint density at radius 2 is 0.539 bits per heavy atom. The van der Waals surface area contributed by atoms with Crippen molar-refractivity contribution in [2.75, 3.05) is 13.2 Å². The molecule has 0 spiro atoms. The van der Waals surface area contributed by atoms with Crippen molar-refractivity contribution in [2.45, 2.75) is 290 Å². The molecule has 0 fully saturated rings. The zero-order valence-corrected chi connectivity index (χ0v) is 49.5. The monoisotopic (exact) mass is 1050 g/mol. The van der Waals surface area contributed by atoms with Crippen molar-refractivity contribution in [2.24, 2.45) is 0 Å². The van der Waals surface area contributed by atoms with Crippen molar-refractivity contribution in [1.29, 1.82) is 0 Å². The van der Waals surface area contributed by atoms with Gasteiger partial charge in [-0.3, -0.25) is 14.4 Å². The first kappa shape index (κ1) is 71.8. The highest BCUT2D eigenvalue weighted by molar-refractivity contribution is 5.71. The zero-order chi connectivity index (χ0) is 55.0. The number of ether oxygens (including phenoxy) is 3. The van der Waals surface area contributed by atoms with Crippen LogP contribution in [0.3, 0.4) is 0 Å². The number of unbranched alkanes of at least 4 members (excludes halogenated alkanes) is 25. The van der Waals surface area contributed by atoms with E-state index >= 15 is 0 Å². The van der Waals surface area contributed by atoms with Crippen LogP contribution in [0.25, 0.3) is 0 Å². The lowest BCUT2D eigenvalue weighted by Crippen LogP contribution is -2.30. The lowest BCUT2D eigenvalue weighted by atomic mass is 10.1. The van der Waals surface area contributed by atoms with E-state index in [1.807, 2.05) is 0 Å². The fourth-order valence-corrected chi connectivity index (χ4v) is 8.46. The first-order valence-electron chi connectivity index (χ1n) is 31.5. The van der Waals surface area contributed by atoms with Crippen LogP contribution in [0.4, 0.5) is 0 Å². The molecule has 0 N–H and O–H groups in total. The van der Waals surface area contributed by atoms with Gasteiger partial charge in [-0.25, -0.2) is 0 Å². The second-order valence-corrected chi connectivity index (χ2v) is 20.6. The van der Waals surface area contributed by atoms with Gasteiger partial charge in [0.15, 0.2) is 6.10 Å². The smallest absolute Gasteiger partial charge is 0.306 e. The molecule has 0 heterocycles. The number of carbonyl (C=O) groups is 3. The number of rotatable bonds is 56. The highest BCUT2D eigenvalue weighted by atomic mass is 16.6. The molecule has 0 aliphatic carbocycles. The van der Waals surface area contributed by atoms with Gasteiger partial charge in [0, 0.05) is 19.3 Å². The van der Waals surface area contributed by atoms with Crippen LogP contribution in [0.15, 0.2) is 122 Å². The quantitative estimate of drug-likeness (QED) is 0.0261. The van der Waals surface area contributed by atoms with Crippen molar-refractivity contribution in [1.82, 2.24) is 0 Å². The molecule has 0 bridgehead atoms. The van der Waals surface area contributed by atoms with Gasteiger partial charge in [0.2, 0.25) is 0 Å². The average Bonchev–Trinajstić information content (AvgIpc) is 3.42. The molecule has 432 valence electrons. The summed E-state index contributed by atoms with van der Waals surface area (Å²) in [5, 5.41) is 0. The van der Waals surface area contributed by atoms with Crippen molar-refractivity contribution >= 4 is 17.9 Å². The average molecular weight is 1050 g/mol. The van der Waals surface area contributed by atoms with E-state index < -0.39 is 6.10 Å². The Hall–Kier alpha value is -4.19. The Morgan fingerprint density at radius 1 is 0.276 bits per heavy atom. The number of esters is 3. The molecule has 0 amide bonds. The Labute approximate surface area is 469 Å². The van der Waals surface area contributed by atoms with Crippen LogP contribution in [0, 0.1) is 0 Å². The van der Waals surface area contributed by atoms with Gasteiger partial charge in [-0.15, -0.1) is 0 Å². The summed E-state index contributed by atoms with van der Waals surface area (Å²) < 4.78 is 16.9. The highest BCUT2D eigenvalue weighted by Gasteiger charge is 2.19. The molecule has 0 saturated carbocycles. The van der Waals surface area contributed by atoms with E-state index in [-0.39, 0.29) is 31.1 Å². The summed E-state index contributed by atoms with van der Waals surface area (Å²) >= 11 is 0. The summed E-state index contributed by atoms with van der Waals surface area (Å²) in [6.45, 7) is 6.43. The van der Waals surface area contributed by atoms with E-state index in [1.165, 1.54) is 96.3 Å². The SMILES string of the molecule is CC/C=C\C/C=C\C/C=C\C/C=C\C/C=C\C/C=C\CCCCCCCCCCC(=O)OCC(COC(=O)CCCCCCC/C=C\CCC)OC(=O)CCCCCCCC/C=C\C/C=C\C/C=C\CCCCCCC. The normalized spacial score (nSPS) is 12.9. The largest absolute Gasteiger partial charge is 0.462 e. The number of allylic oxidation sites excluding steroid dienone is 20. The van der Waals surface area contributed by atoms with Gasteiger partial charge in [-0.2, -0.15) is 0 Å². The van der Waals surface area contributed by atoms with Gasteiger partial charge in [0.25, 0.3) is 0 Å². The summed E-state index contributed by atoms with van der Waals surface area (Å²) in [7, 11) is 0.